The second-order valence-electron chi connectivity index (χ2n) is 9.12. The Bertz CT molecular complexity index is 1300. The molecule has 0 radical (unpaired) electrons. The van der Waals surface area contributed by atoms with Gasteiger partial charge in [-0.1, -0.05) is 44.2 Å². The zero-order chi connectivity index (χ0) is 24.2. The molecule has 0 N–H and O–H groups in total. The van der Waals surface area contributed by atoms with Gasteiger partial charge in [-0.25, -0.2) is 9.97 Å². The van der Waals surface area contributed by atoms with E-state index in [1.807, 2.05) is 25.4 Å². The summed E-state index contributed by atoms with van der Waals surface area (Å²) in [7, 11) is 0. The van der Waals surface area contributed by atoms with Crippen LogP contribution < -0.4 is 9.80 Å². The molecule has 35 heavy (non-hydrogen) atoms. The molecule has 0 amide bonds. The van der Waals surface area contributed by atoms with E-state index in [-0.39, 0.29) is 5.92 Å². The average Bonchev–Trinajstić information content (AvgIpc) is 2.93. The van der Waals surface area contributed by atoms with E-state index in [2.05, 4.69) is 68.1 Å². The number of hydrogen-bond donors (Lipinski definition) is 0. The number of piperazine rings is 1. The van der Waals surface area contributed by atoms with Crippen LogP contribution in [0.5, 0.6) is 0 Å². The second-order valence-corrected chi connectivity index (χ2v) is 9.12. The van der Waals surface area contributed by atoms with Crippen LogP contribution in [0.15, 0.2) is 67.3 Å². The van der Waals surface area contributed by atoms with Gasteiger partial charge in [0.1, 0.15) is 17.4 Å². The standard InChI is InChI=1S/C28H30N6O/c1-3-20(2)26(35)16-21-4-6-22(7-5-21)23-8-9-24-25(17-23)32-28(19-31-24)34-14-12-33(13-15-34)27-18-29-10-11-30-27/h4-11,17-20H,3,12-16H2,1-2H3. The lowest BCUT2D eigenvalue weighted by Crippen LogP contribution is -2.47. The monoisotopic (exact) mass is 466 g/mol. The Balaban J connectivity index is 1.30. The maximum atomic E-state index is 12.3. The molecule has 178 valence electrons. The van der Waals surface area contributed by atoms with Crippen LogP contribution >= 0.6 is 0 Å². The van der Waals surface area contributed by atoms with Gasteiger partial charge in [0.2, 0.25) is 0 Å². The van der Waals surface area contributed by atoms with Crippen molar-refractivity contribution in [1.82, 2.24) is 19.9 Å². The first-order valence-electron chi connectivity index (χ1n) is 12.3. The smallest absolute Gasteiger partial charge is 0.147 e. The van der Waals surface area contributed by atoms with Crippen LogP contribution in [0.3, 0.4) is 0 Å². The maximum Gasteiger partial charge on any atom is 0.147 e. The van der Waals surface area contributed by atoms with Gasteiger partial charge in [0, 0.05) is 50.9 Å². The van der Waals surface area contributed by atoms with Crippen LogP contribution in [-0.4, -0.2) is 51.9 Å². The number of benzene rings is 2. The van der Waals surface area contributed by atoms with Gasteiger partial charge >= 0.3 is 0 Å². The van der Waals surface area contributed by atoms with Crippen LogP contribution in [0.1, 0.15) is 25.8 Å². The Morgan fingerprint density at radius 3 is 2.26 bits per heavy atom. The largest absolute Gasteiger partial charge is 0.352 e. The quantitative estimate of drug-likeness (QED) is 0.395. The van der Waals surface area contributed by atoms with Gasteiger partial charge < -0.3 is 9.80 Å². The average molecular weight is 467 g/mol. The summed E-state index contributed by atoms with van der Waals surface area (Å²) in [6.07, 6.45) is 8.47. The lowest BCUT2D eigenvalue weighted by molar-refractivity contribution is -0.121. The molecule has 2 aromatic heterocycles. The van der Waals surface area contributed by atoms with Gasteiger partial charge in [-0.05, 0) is 35.2 Å². The van der Waals surface area contributed by atoms with Crippen molar-refractivity contribution < 1.29 is 4.79 Å². The number of hydrogen-bond acceptors (Lipinski definition) is 7. The molecule has 4 aromatic rings. The van der Waals surface area contributed by atoms with E-state index in [1.165, 1.54) is 0 Å². The SMILES string of the molecule is CCC(C)C(=O)Cc1ccc(-c2ccc3ncc(N4CCN(c5cnccn5)CC4)nc3c2)cc1. The highest BCUT2D eigenvalue weighted by Gasteiger charge is 2.20. The summed E-state index contributed by atoms with van der Waals surface area (Å²) in [5.41, 5.74) is 5.02. The summed E-state index contributed by atoms with van der Waals surface area (Å²) in [5.74, 6) is 2.22. The summed E-state index contributed by atoms with van der Waals surface area (Å²) >= 11 is 0. The Kier molecular flexibility index (Phi) is 6.66. The van der Waals surface area contributed by atoms with E-state index in [9.17, 15) is 4.79 Å². The summed E-state index contributed by atoms with van der Waals surface area (Å²) in [6, 6.07) is 14.5. The normalized spacial score (nSPS) is 14.8. The molecule has 5 rings (SSSR count). The van der Waals surface area contributed by atoms with Crippen molar-refractivity contribution in [3.8, 4) is 11.1 Å². The van der Waals surface area contributed by atoms with E-state index in [4.69, 9.17) is 4.98 Å². The van der Waals surface area contributed by atoms with E-state index in [0.29, 0.717) is 12.2 Å². The molecule has 1 unspecified atom stereocenters. The molecule has 1 saturated heterocycles. The molecule has 3 heterocycles. The number of rotatable bonds is 7. The first-order chi connectivity index (χ1) is 17.1. The van der Waals surface area contributed by atoms with E-state index in [1.54, 1.807) is 12.4 Å². The predicted octanol–water partition coefficient (Wildman–Crippen LogP) is 4.57. The molecule has 0 bridgehead atoms. The van der Waals surface area contributed by atoms with Crippen molar-refractivity contribution in [2.75, 3.05) is 36.0 Å². The third kappa shape index (κ3) is 5.14. The van der Waals surface area contributed by atoms with Crippen LogP contribution in [0.25, 0.3) is 22.2 Å². The number of aromatic nitrogens is 4. The van der Waals surface area contributed by atoms with Gasteiger partial charge in [0.25, 0.3) is 0 Å². The van der Waals surface area contributed by atoms with Crippen molar-refractivity contribution in [2.24, 2.45) is 5.92 Å². The molecule has 1 aliphatic heterocycles. The number of ketones is 1. The number of nitrogens with zero attached hydrogens (tertiary/aromatic N) is 6. The van der Waals surface area contributed by atoms with Crippen molar-refractivity contribution in [3.05, 3.63) is 72.8 Å². The fraction of sp³-hybridized carbons (Fsp3) is 0.321. The Morgan fingerprint density at radius 1 is 0.857 bits per heavy atom. The first kappa shape index (κ1) is 22.9. The van der Waals surface area contributed by atoms with Gasteiger partial charge in [-0.2, -0.15) is 0 Å². The minimum Gasteiger partial charge on any atom is -0.352 e. The molecule has 1 atom stereocenters. The number of carbonyl (C=O) groups is 1. The second kappa shape index (κ2) is 10.2. The number of Topliss-reactive ketones (excluding diaryl/α,β-unsaturated/α-hetero) is 1. The van der Waals surface area contributed by atoms with Crippen LogP contribution in [0.2, 0.25) is 0 Å². The molecule has 0 spiro atoms. The number of anilines is 2. The molecular weight excluding hydrogens is 436 g/mol. The van der Waals surface area contributed by atoms with Crippen molar-refractivity contribution in [3.63, 3.8) is 0 Å². The summed E-state index contributed by atoms with van der Waals surface area (Å²) < 4.78 is 0. The van der Waals surface area contributed by atoms with Crippen LogP contribution in [-0.2, 0) is 11.2 Å². The highest BCUT2D eigenvalue weighted by Crippen LogP contribution is 2.25. The Labute approximate surface area is 205 Å². The Hall–Kier alpha value is -3.87. The van der Waals surface area contributed by atoms with Crippen molar-refractivity contribution in [1.29, 1.82) is 0 Å². The van der Waals surface area contributed by atoms with Crippen LogP contribution in [0, 0.1) is 5.92 Å². The lowest BCUT2D eigenvalue weighted by Gasteiger charge is -2.35. The first-order valence-corrected chi connectivity index (χ1v) is 12.3. The zero-order valence-corrected chi connectivity index (χ0v) is 20.3. The van der Waals surface area contributed by atoms with E-state index in [0.717, 1.165) is 72.0 Å². The molecule has 1 aliphatic rings. The van der Waals surface area contributed by atoms with Crippen molar-refractivity contribution in [2.45, 2.75) is 26.7 Å². The van der Waals surface area contributed by atoms with E-state index >= 15 is 0 Å². The summed E-state index contributed by atoms with van der Waals surface area (Å²) in [4.78, 5) is 35.0. The van der Waals surface area contributed by atoms with Crippen molar-refractivity contribution >= 4 is 28.5 Å². The number of fused-ring (bicyclic) bond motifs is 1. The highest BCUT2D eigenvalue weighted by atomic mass is 16.1. The molecule has 1 fully saturated rings. The Morgan fingerprint density at radius 2 is 1.57 bits per heavy atom. The molecular formula is C28H30N6O. The topological polar surface area (TPSA) is 75.1 Å². The minimum atomic E-state index is 0.109. The molecule has 7 heteroatoms. The summed E-state index contributed by atoms with van der Waals surface area (Å²) in [6.45, 7) is 7.49. The van der Waals surface area contributed by atoms with Gasteiger partial charge in [-0.3, -0.25) is 14.8 Å². The maximum absolute atomic E-state index is 12.3. The van der Waals surface area contributed by atoms with E-state index < -0.39 is 0 Å². The predicted molar refractivity (Wildman–Crippen MR) is 140 cm³/mol. The fourth-order valence-electron chi connectivity index (χ4n) is 4.37. The third-order valence-corrected chi connectivity index (χ3v) is 6.83. The molecule has 0 saturated carbocycles. The lowest BCUT2D eigenvalue weighted by atomic mass is 9.96. The van der Waals surface area contributed by atoms with Gasteiger partial charge in [0.05, 0.1) is 23.4 Å². The molecule has 7 nitrogen and oxygen atoms in total. The zero-order valence-electron chi connectivity index (χ0n) is 20.3. The molecule has 2 aromatic carbocycles. The van der Waals surface area contributed by atoms with Crippen LogP contribution in [0.4, 0.5) is 11.6 Å². The summed E-state index contributed by atoms with van der Waals surface area (Å²) in [5, 5.41) is 0. The fourth-order valence-corrected chi connectivity index (χ4v) is 4.37. The van der Waals surface area contributed by atoms with Gasteiger partial charge in [0.15, 0.2) is 0 Å². The third-order valence-electron chi connectivity index (χ3n) is 6.83. The molecule has 0 aliphatic carbocycles. The van der Waals surface area contributed by atoms with Gasteiger partial charge in [-0.15, -0.1) is 0 Å². The minimum absolute atomic E-state index is 0.109. The number of carbonyl (C=O) groups excluding carboxylic acids is 1. The highest BCUT2D eigenvalue weighted by molar-refractivity contribution is 5.84.